The molecule has 3 nitrogen and oxygen atoms in total. The highest BCUT2D eigenvalue weighted by Crippen LogP contribution is 2.22. The zero-order valence-corrected chi connectivity index (χ0v) is 4.81. The Labute approximate surface area is 53.1 Å². The maximum absolute atomic E-state index is 3.83. The Bertz CT molecular complexity index is 198. The number of aromatic nitrogens is 1. The van der Waals surface area contributed by atoms with Gasteiger partial charge in [0.25, 0.3) is 0 Å². The Kier molecular flexibility index (Phi) is 0.828. The van der Waals surface area contributed by atoms with Crippen molar-refractivity contribution in [2.45, 2.75) is 0 Å². The molecule has 0 spiro atoms. The van der Waals surface area contributed by atoms with Gasteiger partial charge in [-0.15, -0.1) is 0 Å². The third-order valence-electron chi connectivity index (χ3n) is 1.32. The van der Waals surface area contributed by atoms with Crippen LogP contribution in [0.2, 0.25) is 0 Å². The summed E-state index contributed by atoms with van der Waals surface area (Å²) >= 11 is 0. The van der Waals surface area contributed by atoms with Crippen molar-refractivity contribution in [1.82, 2.24) is 4.98 Å². The number of nitrogens with zero attached hydrogens (tertiary/aromatic N) is 1. The molecule has 2 heterocycles. The first-order chi connectivity index (χ1) is 4.47. The highest BCUT2D eigenvalue weighted by molar-refractivity contribution is 5.71. The summed E-state index contributed by atoms with van der Waals surface area (Å²) in [6.07, 6.45) is 4.50. The fraction of sp³-hybridized carbons (Fsp3) is 0.167. The van der Waals surface area contributed by atoms with Crippen LogP contribution in [0.5, 0.6) is 0 Å². The second-order valence-corrected chi connectivity index (χ2v) is 1.89. The van der Waals surface area contributed by atoms with E-state index in [1.54, 1.807) is 6.20 Å². The smallest absolute Gasteiger partial charge is 0.0909 e. The minimum absolute atomic E-state index is 0.800. The number of pyridine rings is 1. The summed E-state index contributed by atoms with van der Waals surface area (Å²) in [5, 5.41) is 6.22. The molecule has 0 aromatic carbocycles. The van der Waals surface area contributed by atoms with Gasteiger partial charge in [0, 0.05) is 0 Å². The Hall–Kier alpha value is -1.25. The van der Waals surface area contributed by atoms with Gasteiger partial charge in [0.1, 0.15) is 0 Å². The van der Waals surface area contributed by atoms with Crippen LogP contribution in [0.1, 0.15) is 0 Å². The molecule has 1 aromatic rings. The minimum atomic E-state index is 0.800. The zero-order valence-electron chi connectivity index (χ0n) is 4.81. The highest BCUT2D eigenvalue weighted by Gasteiger charge is 2.05. The quantitative estimate of drug-likeness (QED) is 0.528. The fourth-order valence-corrected chi connectivity index (χ4v) is 0.873. The van der Waals surface area contributed by atoms with Crippen molar-refractivity contribution >= 4 is 11.4 Å². The lowest BCUT2D eigenvalue weighted by Crippen LogP contribution is -1.98. The maximum atomic E-state index is 3.83. The summed E-state index contributed by atoms with van der Waals surface area (Å²) in [5.74, 6) is 0. The van der Waals surface area contributed by atoms with Crippen molar-refractivity contribution < 1.29 is 0 Å². The van der Waals surface area contributed by atoms with Gasteiger partial charge in [0.15, 0.2) is 0 Å². The molecule has 0 saturated heterocycles. The summed E-state index contributed by atoms with van der Waals surface area (Å²) in [5.41, 5.74) is 2.15. The minimum Gasteiger partial charge on any atom is -0.366 e. The Morgan fingerprint density at radius 3 is 3.22 bits per heavy atom. The van der Waals surface area contributed by atoms with E-state index in [-0.39, 0.29) is 0 Å². The van der Waals surface area contributed by atoms with Crippen LogP contribution in [0.15, 0.2) is 12.3 Å². The molecule has 0 aliphatic carbocycles. The number of hydrogen-bond acceptors (Lipinski definition) is 3. The van der Waals surface area contributed by atoms with E-state index in [0.29, 0.717) is 0 Å². The van der Waals surface area contributed by atoms with Gasteiger partial charge in [0.05, 0.1) is 30.4 Å². The van der Waals surface area contributed by atoms with Crippen LogP contribution in [-0.2, 0) is 0 Å². The van der Waals surface area contributed by atoms with Gasteiger partial charge in [-0.25, -0.2) is 0 Å². The van der Waals surface area contributed by atoms with Gasteiger partial charge in [-0.3, -0.25) is 4.98 Å². The third kappa shape index (κ3) is 0.614. The lowest BCUT2D eigenvalue weighted by atomic mass is 10.4. The summed E-state index contributed by atoms with van der Waals surface area (Å²) in [7, 11) is 0. The van der Waals surface area contributed by atoms with Crippen molar-refractivity contribution in [3.63, 3.8) is 0 Å². The predicted molar refractivity (Wildman–Crippen MR) is 35.2 cm³/mol. The molecule has 0 saturated carbocycles. The second-order valence-electron chi connectivity index (χ2n) is 1.89. The molecular formula is C6H6N3. The summed E-state index contributed by atoms with van der Waals surface area (Å²) in [6.45, 7) is 0.800. The lowest BCUT2D eigenvalue weighted by molar-refractivity contribution is 1.30. The fourth-order valence-electron chi connectivity index (χ4n) is 0.873. The summed E-state index contributed by atoms with van der Waals surface area (Å²) < 4.78 is 0. The molecule has 9 heavy (non-hydrogen) atoms. The van der Waals surface area contributed by atoms with Crippen LogP contribution >= 0.6 is 0 Å². The van der Waals surface area contributed by atoms with Crippen molar-refractivity contribution in [2.75, 3.05) is 17.3 Å². The molecule has 0 amide bonds. The van der Waals surface area contributed by atoms with Crippen molar-refractivity contribution in [1.29, 1.82) is 0 Å². The van der Waals surface area contributed by atoms with Crippen LogP contribution < -0.4 is 10.6 Å². The first kappa shape index (κ1) is 4.61. The van der Waals surface area contributed by atoms with Crippen LogP contribution in [0.25, 0.3) is 0 Å². The Morgan fingerprint density at radius 2 is 2.33 bits per heavy atom. The van der Waals surface area contributed by atoms with E-state index >= 15 is 0 Å². The maximum Gasteiger partial charge on any atom is 0.0909 e. The second kappa shape index (κ2) is 1.62. The Morgan fingerprint density at radius 1 is 1.44 bits per heavy atom. The number of nitrogens with one attached hydrogen (secondary N) is 2. The molecule has 1 radical (unpaired) electrons. The first-order valence-electron chi connectivity index (χ1n) is 2.80. The Balaban J connectivity index is 2.54. The van der Waals surface area contributed by atoms with Crippen molar-refractivity contribution in [3.8, 4) is 0 Å². The topological polar surface area (TPSA) is 37.0 Å². The molecule has 2 N–H and O–H groups in total. The number of anilines is 2. The van der Waals surface area contributed by atoms with E-state index < -0.39 is 0 Å². The van der Waals surface area contributed by atoms with E-state index in [1.807, 2.05) is 6.07 Å². The first-order valence-corrected chi connectivity index (χ1v) is 2.80. The molecule has 3 heteroatoms. The van der Waals surface area contributed by atoms with E-state index in [2.05, 4.69) is 21.8 Å². The van der Waals surface area contributed by atoms with Gasteiger partial charge < -0.3 is 10.6 Å². The highest BCUT2D eigenvalue weighted by atomic mass is 15.1. The van der Waals surface area contributed by atoms with Gasteiger partial charge >= 0.3 is 0 Å². The van der Waals surface area contributed by atoms with Gasteiger partial charge in [0.2, 0.25) is 0 Å². The number of hydrogen-bond donors (Lipinski definition) is 2. The molecule has 2 rings (SSSR count). The normalized spacial score (nSPS) is 13.8. The molecule has 1 aromatic heterocycles. The summed E-state index contributed by atoms with van der Waals surface area (Å²) in [4.78, 5) is 3.83. The molecular weight excluding hydrogens is 114 g/mol. The van der Waals surface area contributed by atoms with E-state index in [1.165, 1.54) is 0 Å². The average Bonchev–Trinajstić information content (AvgIpc) is 2.33. The van der Waals surface area contributed by atoms with E-state index in [0.717, 1.165) is 18.0 Å². The van der Waals surface area contributed by atoms with Crippen LogP contribution in [0, 0.1) is 6.20 Å². The molecule has 45 valence electrons. The van der Waals surface area contributed by atoms with E-state index in [4.69, 9.17) is 0 Å². The molecule has 0 unspecified atom stereocenters. The van der Waals surface area contributed by atoms with Crippen LogP contribution in [0.3, 0.4) is 0 Å². The standard InChI is InChI=1S/C6H6N3/c1-2-7-3-6-5(1)8-4-9-6/h1,3,8-9H,4H2. The van der Waals surface area contributed by atoms with Crippen LogP contribution in [-0.4, -0.2) is 11.7 Å². The third-order valence-corrected chi connectivity index (χ3v) is 1.32. The van der Waals surface area contributed by atoms with Crippen LogP contribution in [0.4, 0.5) is 11.4 Å². The number of fused-ring (bicyclic) bond motifs is 1. The largest absolute Gasteiger partial charge is 0.366 e. The molecule has 1 aliphatic heterocycles. The SMILES string of the molecule is [c]1cc2c(cn1)NCN2. The zero-order chi connectivity index (χ0) is 6.10. The van der Waals surface area contributed by atoms with Gasteiger partial charge in [-0.1, -0.05) is 0 Å². The predicted octanol–water partition coefficient (Wildman–Crippen LogP) is 0.677. The molecule has 0 fully saturated rings. The average molecular weight is 120 g/mol. The summed E-state index contributed by atoms with van der Waals surface area (Å²) in [6, 6.07) is 1.83. The van der Waals surface area contributed by atoms with Crippen molar-refractivity contribution in [2.24, 2.45) is 0 Å². The molecule has 0 atom stereocenters. The molecule has 0 bridgehead atoms. The number of rotatable bonds is 0. The van der Waals surface area contributed by atoms with Gasteiger partial charge in [-0.2, -0.15) is 0 Å². The van der Waals surface area contributed by atoms with Gasteiger partial charge in [-0.05, 0) is 6.07 Å². The molecule has 1 aliphatic rings. The van der Waals surface area contributed by atoms with E-state index in [9.17, 15) is 0 Å². The monoisotopic (exact) mass is 120 g/mol. The van der Waals surface area contributed by atoms with Crippen molar-refractivity contribution in [3.05, 3.63) is 18.5 Å². The lowest BCUT2D eigenvalue weighted by Gasteiger charge is -1.91.